The van der Waals surface area contributed by atoms with Crippen molar-refractivity contribution in [3.8, 4) is 28.4 Å². The Balaban J connectivity index is 1.47. The number of nitrogens with two attached hydrogens (primary N) is 1. The number of rotatable bonds is 10. The summed E-state index contributed by atoms with van der Waals surface area (Å²) in [6.07, 6.45) is 0.364. The fourth-order valence-corrected chi connectivity index (χ4v) is 4.29. The molecule has 0 aliphatic carbocycles. The van der Waals surface area contributed by atoms with E-state index in [1.807, 2.05) is 13.8 Å². The molecule has 1 atom stereocenters. The minimum absolute atomic E-state index is 0.106. The summed E-state index contributed by atoms with van der Waals surface area (Å²) in [6, 6.07) is 9.15. The number of carbonyl (C=O) groups is 3. The van der Waals surface area contributed by atoms with E-state index in [1.165, 1.54) is 6.07 Å². The van der Waals surface area contributed by atoms with Crippen molar-refractivity contribution in [3.05, 3.63) is 52.4 Å². The van der Waals surface area contributed by atoms with Gasteiger partial charge in [-0.3, -0.25) is 19.2 Å². The second-order valence-electron chi connectivity index (χ2n) is 9.60. The molecule has 4 rings (SSSR count). The summed E-state index contributed by atoms with van der Waals surface area (Å²) in [6.45, 7) is 5.72. The zero-order chi connectivity index (χ0) is 28.1. The summed E-state index contributed by atoms with van der Waals surface area (Å²) in [5, 5.41) is 5.38. The maximum Gasteiger partial charge on any atom is 0.258 e. The van der Waals surface area contributed by atoms with Gasteiger partial charge in [0.15, 0.2) is 18.1 Å². The average Bonchev–Trinajstić information content (AvgIpc) is 2.89. The molecule has 11 nitrogen and oxygen atoms in total. The molecule has 1 aliphatic heterocycles. The summed E-state index contributed by atoms with van der Waals surface area (Å²) < 4.78 is 22.8. The van der Waals surface area contributed by atoms with Crippen LogP contribution in [0, 0.1) is 12.8 Å². The number of benzene rings is 2. The van der Waals surface area contributed by atoms with Crippen molar-refractivity contribution in [3.63, 3.8) is 0 Å². The van der Waals surface area contributed by atoms with Crippen molar-refractivity contribution in [2.45, 2.75) is 33.2 Å². The quantitative estimate of drug-likeness (QED) is 0.354. The van der Waals surface area contributed by atoms with Crippen LogP contribution in [-0.2, 0) is 14.4 Å². The fourth-order valence-electron chi connectivity index (χ4n) is 4.29. The molecule has 0 saturated carbocycles. The highest BCUT2D eigenvalue weighted by molar-refractivity contribution is 5.90. The van der Waals surface area contributed by atoms with Crippen molar-refractivity contribution < 1.29 is 33.0 Å². The van der Waals surface area contributed by atoms with Gasteiger partial charge in [0.25, 0.3) is 5.91 Å². The second kappa shape index (κ2) is 11.9. The summed E-state index contributed by atoms with van der Waals surface area (Å²) in [7, 11) is 0. The SMILES string of the molecule is Cc1oc2cc(OCC(=O)NC(CC(C)C)C(=O)NCC(N)=O)ccc2c(=O)c1-c1ccc2c(c1)OCCO2. The predicted molar refractivity (Wildman–Crippen MR) is 143 cm³/mol. The Kier molecular flexibility index (Phi) is 8.38. The lowest BCUT2D eigenvalue weighted by Gasteiger charge is -2.20. The number of hydrogen-bond acceptors (Lipinski definition) is 8. The highest BCUT2D eigenvalue weighted by Crippen LogP contribution is 2.35. The molecule has 0 saturated heterocycles. The van der Waals surface area contributed by atoms with Crippen molar-refractivity contribution in [1.82, 2.24) is 10.6 Å². The molecule has 1 unspecified atom stereocenters. The smallest absolute Gasteiger partial charge is 0.258 e. The molecule has 1 aromatic heterocycles. The first kappa shape index (κ1) is 27.5. The average molecular weight is 538 g/mol. The van der Waals surface area contributed by atoms with Crippen LogP contribution in [-0.4, -0.2) is 50.1 Å². The van der Waals surface area contributed by atoms with Crippen LogP contribution in [0.5, 0.6) is 17.2 Å². The number of hydrogen-bond donors (Lipinski definition) is 3. The van der Waals surface area contributed by atoms with E-state index in [1.54, 1.807) is 37.3 Å². The second-order valence-corrected chi connectivity index (χ2v) is 9.60. The third kappa shape index (κ3) is 6.67. The number of carbonyl (C=O) groups excluding carboxylic acids is 3. The molecule has 0 bridgehead atoms. The maximum atomic E-state index is 13.4. The molecule has 206 valence electrons. The third-order valence-electron chi connectivity index (χ3n) is 6.04. The maximum absolute atomic E-state index is 13.4. The number of fused-ring (bicyclic) bond motifs is 2. The van der Waals surface area contributed by atoms with Crippen molar-refractivity contribution in [1.29, 1.82) is 0 Å². The van der Waals surface area contributed by atoms with E-state index in [0.717, 1.165) is 0 Å². The highest BCUT2D eigenvalue weighted by Gasteiger charge is 2.23. The van der Waals surface area contributed by atoms with Crippen LogP contribution >= 0.6 is 0 Å². The van der Waals surface area contributed by atoms with Gasteiger partial charge in [0.1, 0.15) is 36.3 Å². The molecule has 2 heterocycles. The van der Waals surface area contributed by atoms with E-state index in [-0.39, 0.29) is 24.5 Å². The predicted octanol–water partition coefficient (Wildman–Crippen LogP) is 2.05. The van der Waals surface area contributed by atoms with Gasteiger partial charge in [0.2, 0.25) is 17.2 Å². The van der Waals surface area contributed by atoms with Gasteiger partial charge >= 0.3 is 0 Å². The van der Waals surface area contributed by atoms with Crippen LogP contribution < -0.4 is 36.0 Å². The lowest BCUT2D eigenvalue weighted by Crippen LogP contribution is -2.50. The zero-order valence-corrected chi connectivity index (χ0v) is 22.0. The first-order chi connectivity index (χ1) is 18.6. The minimum atomic E-state index is -0.850. The normalized spacial score (nSPS) is 13.1. The van der Waals surface area contributed by atoms with Crippen LogP contribution in [0.2, 0.25) is 0 Å². The Labute approximate surface area is 224 Å². The summed E-state index contributed by atoms with van der Waals surface area (Å²) in [5.41, 5.74) is 6.24. The van der Waals surface area contributed by atoms with Crippen LogP contribution in [0.15, 0.2) is 45.6 Å². The van der Waals surface area contributed by atoms with Gasteiger partial charge in [-0.05, 0) is 49.1 Å². The molecule has 39 heavy (non-hydrogen) atoms. The topological polar surface area (TPSA) is 159 Å². The molecule has 11 heteroatoms. The van der Waals surface area contributed by atoms with Crippen LogP contribution in [0.25, 0.3) is 22.1 Å². The van der Waals surface area contributed by atoms with Gasteiger partial charge in [-0.25, -0.2) is 0 Å². The fraction of sp³-hybridized carbons (Fsp3) is 0.357. The lowest BCUT2D eigenvalue weighted by molar-refractivity contribution is -0.131. The Morgan fingerprint density at radius 2 is 1.79 bits per heavy atom. The molecule has 4 N–H and O–H groups in total. The van der Waals surface area contributed by atoms with Gasteiger partial charge in [0, 0.05) is 6.07 Å². The van der Waals surface area contributed by atoms with Crippen LogP contribution in [0.1, 0.15) is 26.0 Å². The van der Waals surface area contributed by atoms with Gasteiger partial charge in [0.05, 0.1) is 17.5 Å². The van der Waals surface area contributed by atoms with E-state index in [9.17, 15) is 19.2 Å². The molecule has 3 aromatic rings. The first-order valence-electron chi connectivity index (χ1n) is 12.6. The lowest BCUT2D eigenvalue weighted by atomic mass is 10.0. The first-order valence-corrected chi connectivity index (χ1v) is 12.6. The number of amides is 3. The molecule has 0 radical (unpaired) electrons. The summed E-state index contributed by atoms with van der Waals surface area (Å²) in [5.74, 6) is 0.311. The van der Waals surface area contributed by atoms with Gasteiger partial charge in [-0.2, -0.15) is 0 Å². The molecular weight excluding hydrogens is 506 g/mol. The van der Waals surface area contributed by atoms with E-state index in [0.29, 0.717) is 64.7 Å². The molecule has 0 fully saturated rings. The van der Waals surface area contributed by atoms with Gasteiger partial charge < -0.3 is 35.0 Å². The Bertz CT molecular complexity index is 1460. The van der Waals surface area contributed by atoms with Crippen molar-refractivity contribution in [2.75, 3.05) is 26.4 Å². The number of primary amides is 1. The Hall–Kier alpha value is -4.54. The van der Waals surface area contributed by atoms with Crippen molar-refractivity contribution >= 4 is 28.7 Å². The number of ether oxygens (including phenoxy) is 3. The Morgan fingerprint density at radius 3 is 2.51 bits per heavy atom. The number of nitrogens with one attached hydrogen (secondary N) is 2. The molecule has 0 spiro atoms. The van der Waals surface area contributed by atoms with Crippen LogP contribution in [0.4, 0.5) is 0 Å². The van der Waals surface area contributed by atoms with Gasteiger partial charge in [-0.15, -0.1) is 0 Å². The molecule has 3 amide bonds. The van der Waals surface area contributed by atoms with Crippen LogP contribution in [0.3, 0.4) is 0 Å². The standard InChI is InChI=1S/C28H31N3O8/c1-15(2)10-20(28(35)30-13-24(29)32)31-25(33)14-38-18-5-6-19-22(12-18)39-16(3)26(27(19)34)17-4-7-21-23(11-17)37-9-8-36-21/h4-7,11-12,15,20H,8-10,13-14H2,1-3H3,(H2,29,32)(H,30,35)(H,31,33). The van der Waals surface area contributed by atoms with E-state index in [4.69, 9.17) is 24.4 Å². The van der Waals surface area contributed by atoms with E-state index >= 15 is 0 Å². The third-order valence-corrected chi connectivity index (χ3v) is 6.04. The summed E-state index contributed by atoms with van der Waals surface area (Å²) in [4.78, 5) is 49.2. The van der Waals surface area contributed by atoms with E-state index < -0.39 is 23.8 Å². The minimum Gasteiger partial charge on any atom is -0.486 e. The largest absolute Gasteiger partial charge is 0.486 e. The van der Waals surface area contributed by atoms with Crippen molar-refractivity contribution in [2.24, 2.45) is 11.7 Å². The molecule has 2 aromatic carbocycles. The monoisotopic (exact) mass is 537 g/mol. The Morgan fingerprint density at radius 1 is 1.05 bits per heavy atom. The molecule has 1 aliphatic rings. The molecular formula is C28H31N3O8. The van der Waals surface area contributed by atoms with E-state index in [2.05, 4.69) is 10.6 Å². The highest BCUT2D eigenvalue weighted by atomic mass is 16.6. The van der Waals surface area contributed by atoms with Gasteiger partial charge in [-0.1, -0.05) is 19.9 Å². The zero-order valence-electron chi connectivity index (χ0n) is 22.0. The number of aryl methyl sites for hydroxylation is 1. The summed E-state index contributed by atoms with van der Waals surface area (Å²) >= 11 is 0.